The highest BCUT2D eigenvalue weighted by molar-refractivity contribution is 6.30. The van der Waals surface area contributed by atoms with Crippen LogP contribution >= 0.6 is 11.6 Å². The number of nitrogens with zero attached hydrogens (tertiary/aromatic N) is 2. The molecule has 6 heteroatoms. The molecule has 0 radical (unpaired) electrons. The molecular formula is C20H26ClN3O2. The molecule has 0 spiro atoms. The number of benzene rings is 1. The molecule has 0 saturated heterocycles. The van der Waals surface area contributed by atoms with Crippen molar-refractivity contribution in [2.75, 3.05) is 5.32 Å². The summed E-state index contributed by atoms with van der Waals surface area (Å²) in [6, 6.07) is 7.37. The highest BCUT2D eigenvalue weighted by Crippen LogP contribution is 2.32. The number of hydrogen-bond acceptors (Lipinski definition) is 3. The van der Waals surface area contributed by atoms with Crippen molar-refractivity contribution in [1.29, 1.82) is 0 Å². The molecule has 2 heterocycles. The van der Waals surface area contributed by atoms with E-state index in [1.807, 2.05) is 22.9 Å². The summed E-state index contributed by atoms with van der Waals surface area (Å²) in [5, 5.41) is 8.38. The number of halogens is 1. The lowest BCUT2D eigenvalue weighted by Gasteiger charge is -2.23. The van der Waals surface area contributed by atoms with Crippen molar-refractivity contribution in [1.82, 2.24) is 9.78 Å². The van der Waals surface area contributed by atoms with Crippen LogP contribution in [0.4, 0.5) is 5.82 Å². The van der Waals surface area contributed by atoms with Gasteiger partial charge < -0.3 is 10.1 Å². The second kappa shape index (κ2) is 6.31. The fraction of sp³-hybridized carbons (Fsp3) is 0.500. The maximum Gasteiger partial charge on any atom is 0.266 e. The van der Waals surface area contributed by atoms with Gasteiger partial charge in [0.15, 0.2) is 6.10 Å². The summed E-state index contributed by atoms with van der Waals surface area (Å²) in [7, 11) is 0. The van der Waals surface area contributed by atoms with Crippen LogP contribution in [0.5, 0.6) is 5.75 Å². The van der Waals surface area contributed by atoms with Gasteiger partial charge in [-0.1, -0.05) is 32.4 Å². The Morgan fingerprint density at radius 3 is 2.54 bits per heavy atom. The lowest BCUT2D eigenvalue weighted by Crippen LogP contribution is -2.34. The zero-order chi connectivity index (χ0) is 19.3. The minimum atomic E-state index is -0.565. The lowest BCUT2D eigenvalue weighted by atomic mass is 9.92. The molecule has 140 valence electrons. The molecule has 1 amide bonds. The molecule has 26 heavy (non-hydrogen) atoms. The van der Waals surface area contributed by atoms with Crippen LogP contribution in [0.2, 0.25) is 5.02 Å². The predicted octanol–water partition coefficient (Wildman–Crippen LogP) is 4.53. The Labute approximate surface area is 159 Å². The van der Waals surface area contributed by atoms with E-state index < -0.39 is 6.10 Å². The second-order valence-electron chi connectivity index (χ2n) is 8.80. The molecule has 0 fully saturated rings. The van der Waals surface area contributed by atoms with Gasteiger partial charge in [-0.15, -0.1) is 0 Å². The Hall–Kier alpha value is -2.01. The fourth-order valence-electron chi connectivity index (χ4n) is 2.92. The number of amides is 1. The van der Waals surface area contributed by atoms with Gasteiger partial charge in [-0.3, -0.25) is 4.79 Å². The van der Waals surface area contributed by atoms with E-state index in [9.17, 15) is 4.79 Å². The van der Waals surface area contributed by atoms with Crippen LogP contribution in [0.1, 0.15) is 52.8 Å². The van der Waals surface area contributed by atoms with E-state index >= 15 is 0 Å². The normalized spacial score (nSPS) is 17.0. The van der Waals surface area contributed by atoms with Crippen LogP contribution in [0.25, 0.3) is 0 Å². The van der Waals surface area contributed by atoms with Crippen LogP contribution in [0.15, 0.2) is 24.3 Å². The summed E-state index contributed by atoms with van der Waals surface area (Å²) < 4.78 is 7.66. The molecule has 1 atom stereocenters. The Kier molecular flexibility index (Phi) is 4.55. The fourth-order valence-corrected chi connectivity index (χ4v) is 3.11. The van der Waals surface area contributed by atoms with E-state index in [1.54, 1.807) is 6.07 Å². The quantitative estimate of drug-likeness (QED) is 0.838. The van der Waals surface area contributed by atoms with Gasteiger partial charge >= 0.3 is 0 Å². The Balaban J connectivity index is 1.83. The molecule has 3 rings (SSSR count). The molecule has 1 aliphatic heterocycles. The molecule has 5 nitrogen and oxygen atoms in total. The van der Waals surface area contributed by atoms with Crippen molar-refractivity contribution in [3.8, 4) is 5.75 Å². The van der Waals surface area contributed by atoms with E-state index in [0.29, 0.717) is 23.0 Å². The van der Waals surface area contributed by atoms with E-state index in [0.717, 1.165) is 11.3 Å². The molecule has 0 aliphatic carbocycles. The number of carbonyl (C=O) groups is 1. The van der Waals surface area contributed by atoms with Gasteiger partial charge in [0.05, 0.1) is 11.2 Å². The van der Waals surface area contributed by atoms with Crippen molar-refractivity contribution in [3.05, 3.63) is 40.5 Å². The third kappa shape index (κ3) is 3.73. The number of anilines is 1. The third-order valence-corrected chi connectivity index (χ3v) is 4.59. The van der Waals surface area contributed by atoms with Gasteiger partial charge in [0, 0.05) is 22.9 Å². The summed E-state index contributed by atoms with van der Waals surface area (Å²) in [5.74, 6) is 1.22. The van der Waals surface area contributed by atoms with Crippen molar-refractivity contribution < 1.29 is 9.53 Å². The first-order chi connectivity index (χ1) is 11.9. The third-order valence-electron chi connectivity index (χ3n) is 4.35. The number of fused-ring (bicyclic) bond motifs is 1. The summed E-state index contributed by atoms with van der Waals surface area (Å²) >= 11 is 6.03. The standard InChI is InChI=1S/C20H26ClN3O2/c1-19(2,3)16-11-17(24(23-16)20(4,5)6)22-18(25)15-10-12-9-13(21)7-8-14(12)26-15/h7-9,11,15H,10H2,1-6H3,(H,22,25). The molecule has 1 aromatic carbocycles. The maximum atomic E-state index is 12.8. The van der Waals surface area contributed by atoms with E-state index in [-0.39, 0.29) is 16.9 Å². The smallest absolute Gasteiger partial charge is 0.266 e. The minimum Gasteiger partial charge on any atom is -0.480 e. The molecule has 0 bridgehead atoms. The van der Waals surface area contributed by atoms with Gasteiger partial charge in [0.1, 0.15) is 11.6 Å². The summed E-state index contributed by atoms with van der Waals surface area (Å²) in [6.07, 6.45) is -0.0535. The van der Waals surface area contributed by atoms with Crippen LogP contribution in [-0.2, 0) is 22.2 Å². The minimum absolute atomic E-state index is 0.104. The number of aromatic nitrogens is 2. The number of hydrogen-bond donors (Lipinski definition) is 1. The highest BCUT2D eigenvalue weighted by atomic mass is 35.5. The van der Waals surface area contributed by atoms with E-state index in [4.69, 9.17) is 21.4 Å². The average molecular weight is 376 g/mol. The molecule has 1 aromatic heterocycles. The van der Waals surface area contributed by atoms with Gasteiger partial charge in [0.25, 0.3) is 5.91 Å². The number of carbonyl (C=O) groups excluding carboxylic acids is 1. The van der Waals surface area contributed by atoms with Crippen molar-refractivity contribution in [2.45, 2.75) is 65.0 Å². The van der Waals surface area contributed by atoms with Crippen LogP contribution in [0.3, 0.4) is 0 Å². The van der Waals surface area contributed by atoms with Gasteiger partial charge in [0.2, 0.25) is 0 Å². The average Bonchev–Trinajstić information content (AvgIpc) is 3.09. The topological polar surface area (TPSA) is 56.1 Å². The Morgan fingerprint density at radius 1 is 1.23 bits per heavy atom. The maximum absolute atomic E-state index is 12.8. The molecule has 1 aliphatic rings. The Morgan fingerprint density at radius 2 is 1.92 bits per heavy atom. The highest BCUT2D eigenvalue weighted by Gasteiger charge is 2.32. The summed E-state index contributed by atoms with van der Waals surface area (Å²) in [5.41, 5.74) is 1.54. The molecule has 2 aromatic rings. The second-order valence-corrected chi connectivity index (χ2v) is 9.24. The predicted molar refractivity (Wildman–Crippen MR) is 104 cm³/mol. The Bertz CT molecular complexity index is 844. The largest absolute Gasteiger partial charge is 0.480 e. The van der Waals surface area contributed by atoms with Gasteiger partial charge in [-0.25, -0.2) is 4.68 Å². The number of rotatable bonds is 2. The first-order valence-corrected chi connectivity index (χ1v) is 9.20. The van der Waals surface area contributed by atoms with Crippen molar-refractivity contribution in [3.63, 3.8) is 0 Å². The number of nitrogens with one attached hydrogen (secondary N) is 1. The molecule has 0 saturated carbocycles. The van der Waals surface area contributed by atoms with Crippen LogP contribution in [0, 0.1) is 0 Å². The van der Waals surface area contributed by atoms with E-state index in [2.05, 4.69) is 46.9 Å². The van der Waals surface area contributed by atoms with Gasteiger partial charge in [-0.05, 0) is 44.5 Å². The monoisotopic (exact) mass is 375 g/mol. The molecule has 1 unspecified atom stereocenters. The first kappa shape index (κ1) is 18.8. The zero-order valence-electron chi connectivity index (χ0n) is 16.2. The lowest BCUT2D eigenvalue weighted by molar-refractivity contribution is -0.122. The summed E-state index contributed by atoms with van der Waals surface area (Å²) in [4.78, 5) is 12.8. The van der Waals surface area contributed by atoms with Crippen molar-refractivity contribution >= 4 is 23.3 Å². The van der Waals surface area contributed by atoms with Gasteiger partial charge in [-0.2, -0.15) is 5.10 Å². The van der Waals surface area contributed by atoms with Crippen LogP contribution in [-0.4, -0.2) is 21.8 Å². The first-order valence-electron chi connectivity index (χ1n) is 8.82. The van der Waals surface area contributed by atoms with Crippen LogP contribution < -0.4 is 10.1 Å². The van der Waals surface area contributed by atoms with E-state index in [1.165, 1.54) is 0 Å². The zero-order valence-corrected chi connectivity index (χ0v) is 16.9. The number of ether oxygens (including phenoxy) is 1. The molecular weight excluding hydrogens is 350 g/mol. The molecule has 1 N–H and O–H groups in total. The SMILES string of the molecule is CC(C)(C)c1cc(NC(=O)C2Cc3cc(Cl)ccc3O2)n(C(C)(C)C)n1. The summed E-state index contributed by atoms with van der Waals surface area (Å²) in [6.45, 7) is 12.5. The van der Waals surface area contributed by atoms with Crippen molar-refractivity contribution in [2.24, 2.45) is 0 Å².